The summed E-state index contributed by atoms with van der Waals surface area (Å²) in [6.07, 6.45) is 8.21. The minimum Gasteiger partial charge on any atom is -0.371 e. The number of aryl methyl sites for hydroxylation is 1. The maximum Gasteiger partial charge on any atom is 0.0399 e. The molecule has 1 heterocycles. The lowest BCUT2D eigenvalue weighted by atomic mass is 9.75. The maximum absolute atomic E-state index is 5.80. The van der Waals surface area contributed by atoms with Crippen molar-refractivity contribution in [3.8, 4) is 0 Å². The van der Waals surface area contributed by atoms with Gasteiger partial charge >= 0.3 is 0 Å². The molecular formula is C18H28N2. The van der Waals surface area contributed by atoms with Crippen molar-refractivity contribution in [1.82, 2.24) is 0 Å². The van der Waals surface area contributed by atoms with E-state index >= 15 is 0 Å². The lowest BCUT2D eigenvalue weighted by molar-refractivity contribution is 0.202. The van der Waals surface area contributed by atoms with E-state index < -0.39 is 0 Å². The van der Waals surface area contributed by atoms with Gasteiger partial charge in [-0.1, -0.05) is 37.0 Å². The normalized spacial score (nSPS) is 26.4. The van der Waals surface area contributed by atoms with Gasteiger partial charge < -0.3 is 10.6 Å². The molecule has 2 aliphatic rings. The Morgan fingerprint density at radius 1 is 1.15 bits per heavy atom. The molecule has 1 aromatic carbocycles. The van der Waals surface area contributed by atoms with Crippen LogP contribution in [0.25, 0.3) is 0 Å². The van der Waals surface area contributed by atoms with Crippen molar-refractivity contribution in [3.63, 3.8) is 0 Å². The number of hydrogen-bond donors (Lipinski definition) is 1. The van der Waals surface area contributed by atoms with Gasteiger partial charge in [0.25, 0.3) is 0 Å². The summed E-state index contributed by atoms with van der Waals surface area (Å²) in [6, 6.07) is 6.90. The zero-order chi connectivity index (χ0) is 13.9. The summed E-state index contributed by atoms with van der Waals surface area (Å²) in [5.41, 5.74) is 10.0. The van der Waals surface area contributed by atoms with E-state index in [2.05, 4.69) is 30.0 Å². The monoisotopic (exact) mass is 272 g/mol. The third-order valence-corrected chi connectivity index (χ3v) is 5.28. The Bertz CT molecular complexity index is 455. The second-order valence-electron chi connectivity index (χ2n) is 6.71. The van der Waals surface area contributed by atoms with Crippen molar-refractivity contribution >= 4 is 5.69 Å². The molecule has 2 fully saturated rings. The molecule has 0 radical (unpaired) electrons. The van der Waals surface area contributed by atoms with Crippen LogP contribution in [0.5, 0.6) is 0 Å². The van der Waals surface area contributed by atoms with Gasteiger partial charge in [0.1, 0.15) is 0 Å². The molecule has 1 saturated heterocycles. The van der Waals surface area contributed by atoms with Gasteiger partial charge in [0, 0.05) is 18.8 Å². The van der Waals surface area contributed by atoms with Crippen LogP contribution in [0.1, 0.15) is 43.2 Å². The Kier molecular flexibility index (Phi) is 4.30. The first-order valence-corrected chi connectivity index (χ1v) is 8.32. The Hall–Kier alpha value is -1.02. The van der Waals surface area contributed by atoms with Crippen molar-refractivity contribution in [1.29, 1.82) is 0 Å². The molecule has 110 valence electrons. The van der Waals surface area contributed by atoms with E-state index in [1.54, 1.807) is 0 Å². The highest BCUT2D eigenvalue weighted by atomic mass is 15.1. The number of rotatable bonds is 3. The smallest absolute Gasteiger partial charge is 0.0399 e. The molecular weight excluding hydrogens is 244 g/mol. The van der Waals surface area contributed by atoms with Crippen molar-refractivity contribution in [3.05, 3.63) is 29.3 Å². The van der Waals surface area contributed by atoms with Gasteiger partial charge in [0.2, 0.25) is 0 Å². The molecule has 0 spiro atoms. The van der Waals surface area contributed by atoms with E-state index in [1.165, 1.54) is 62.0 Å². The molecule has 2 nitrogen and oxygen atoms in total. The first kappa shape index (κ1) is 13.9. The second-order valence-corrected chi connectivity index (χ2v) is 6.71. The van der Waals surface area contributed by atoms with E-state index in [-0.39, 0.29) is 0 Å². The fourth-order valence-electron chi connectivity index (χ4n) is 4.20. The van der Waals surface area contributed by atoms with Crippen LogP contribution >= 0.6 is 0 Å². The minimum atomic E-state index is 0.746. The molecule has 2 atom stereocenters. The highest BCUT2D eigenvalue weighted by Crippen LogP contribution is 2.38. The molecule has 2 heteroatoms. The average molecular weight is 272 g/mol. The number of nitrogens with zero attached hydrogens (tertiary/aromatic N) is 1. The number of piperidine rings is 1. The SMILES string of the molecule is Cc1ccc(N2CCC3CCCCC3C2)c(CCN)c1. The largest absolute Gasteiger partial charge is 0.371 e. The maximum atomic E-state index is 5.80. The Labute approximate surface area is 123 Å². The molecule has 1 aliphatic heterocycles. The van der Waals surface area contributed by atoms with Crippen LogP contribution < -0.4 is 10.6 Å². The molecule has 20 heavy (non-hydrogen) atoms. The molecule has 1 aromatic rings. The van der Waals surface area contributed by atoms with E-state index in [9.17, 15) is 0 Å². The predicted octanol–water partition coefficient (Wildman–Crippen LogP) is 3.51. The number of nitrogens with two attached hydrogens (primary N) is 1. The van der Waals surface area contributed by atoms with Crippen LogP contribution in [0.2, 0.25) is 0 Å². The zero-order valence-electron chi connectivity index (χ0n) is 12.8. The van der Waals surface area contributed by atoms with Gasteiger partial charge in [-0.15, -0.1) is 0 Å². The van der Waals surface area contributed by atoms with Crippen LogP contribution in [0.4, 0.5) is 5.69 Å². The van der Waals surface area contributed by atoms with E-state index in [1.807, 2.05) is 0 Å². The summed E-state index contributed by atoms with van der Waals surface area (Å²) in [6.45, 7) is 5.43. The highest BCUT2D eigenvalue weighted by molar-refractivity contribution is 5.55. The molecule has 2 unspecified atom stereocenters. The van der Waals surface area contributed by atoms with Crippen molar-refractivity contribution < 1.29 is 0 Å². The molecule has 0 amide bonds. The number of anilines is 1. The van der Waals surface area contributed by atoms with Gasteiger partial charge in [-0.2, -0.15) is 0 Å². The molecule has 0 aromatic heterocycles. The number of hydrogen-bond acceptors (Lipinski definition) is 2. The first-order chi connectivity index (χ1) is 9.78. The molecule has 2 N–H and O–H groups in total. The van der Waals surface area contributed by atoms with Crippen LogP contribution in [-0.2, 0) is 6.42 Å². The Morgan fingerprint density at radius 2 is 1.95 bits per heavy atom. The summed E-state index contributed by atoms with van der Waals surface area (Å²) in [4.78, 5) is 2.64. The zero-order valence-corrected chi connectivity index (χ0v) is 12.8. The fraction of sp³-hybridized carbons (Fsp3) is 0.667. The molecule has 1 saturated carbocycles. The predicted molar refractivity (Wildman–Crippen MR) is 86.2 cm³/mol. The van der Waals surface area contributed by atoms with Crippen LogP contribution in [-0.4, -0.2) is 19.6 Å². The van der Waals surface area contributed by atoms with E-state index in [0.717, 1.165) is 24.8 Å². The summed E-state index contributed by atoms with van der Waals surface area (Å²) in [5.74, 6) is 1.94. The Morgan fingerprint density at radius 3 is 2.75 bits per heavy atom. The molecule has 0 bridgehead atoms. The van der Waals surface area contributed by atoms with Gasteiger partial charge in [-0.3, -0.25) is 0 Å². The second kappa shape index (κ2) is 6.17. The summed E-state index contributed by atoms with van der Waals surface area (Å²) >= 11 is 0. The lowest BCUT2D eigenvalue weighted by Crippen LogP contribution is -2.42. The standard InChI is InChI=1S/C18H28N2/c1-14-6-7-18(16(12-14)8-10-19)20-11-9-15-4-2-3-5-17(15)13-20/h6-7,12,15,17H,2-5,8-11,13,19H2,1H3. The van der Waals surface area contributed by atoms with Crippen molar-refractivity contribution in [2.45, 2.75) is 45.4 Å². The fourth-order valence-corrected chi connectivity index (χ4v) is 4.20. The third kappa shape index (κ3) is 2.85. The first-order valence-electron chi connectivity index (χ1n) is 8.32. The van der Waals surface area contributed by atoms with Gasteiger partial charge in [0.15, 0.2) is 0 Å². The van der Waals surface area contributed by atoms with Crippen molar-refractivity contribution in [2.24, 2.45) is 17.6 Å². The summed E-state index contributed by atoms with van der Waals surface area (Å²) in [5, 5.41) is 0. The Balaban J connectivity index is 1.78. The van der Waals surface area contributed by atoms with Crippen molar-refractivity contribution in [2.75, 3.05) is 24.5 Å². The number of fused-ring (bicyclic) bond motifs is 1. The third-order valence-electron chi connectivity index (χ3n) is 5.28. The van der Waals surface area contributed by atoms with Gasteiger partial charge in [0.05, 0.1) is 0 Å². The van der Waals surface area contributed by atoms with E-state index in [4.69, 9.17) is 5.73 Å². The topological polar surface area (TPSA) is 29.3 Å². The van der Waals surface area contributed by atoms with Gasteiger partial charge in [-0.25, -0.2) is 0 Å². The molecule has 3 rings (SSSR count). The average Bonchev–Trinajstić information content (AvgIpc) is 2.47. The van der Waals surface area contributed by atoms with Crippen LogP contribution in [0.3, 0.4) is 0 Å². The summed E-state index contributed by atoms with van der Waals surface area (Å²) in [7, 11) is 0. The number of benzene rings is 1. The van der Waals surface area contributed by atoms with Crippen LogP contribution in [0, 0.1) is 18.8 Å². The lowest BCUT2D eigenvalue weighted by Gasteiger charge is -2.43. The summed E-state index contributed by atoms with van der Waals surface area (Å²) < 4.78 is 0. The van der Waals surface area contributed by atoms with Gasteiger partial charge in [-0.05, 0) is 56.2 Å². The van der Waals surface area contributed by atoms with Crippen LogP contribution in [0.15, 0.2) is 18.2 Å². The quantitative estimate of drug-likeness (QED) is 0.912. The van der Waals surface area contributed by atoms with E-state index in [0.29, 0.717) is 0 Å². The minimum absolute atomic E-state index is 0.746. The highest BCUT2D eigenvalue weighted by Gasteiger charge is 2.31. The molecule has 1 aliphatic carbocycles.